The lowest BCUT2D eigenvalue weighted by Gasteiger charge is -2.28. The third kappa shape index (κ3) is 6.82. The number of nitrogens with one attached hydrogen (secondary N) is 3. The van der Waals surface area contributed by atoms with Crippen molar-refractivity contribution in [2.24, 2.45) is 5.10 Å². The highest BCUT2D eigenvalue weighted by atomic mass is 79.9. The molecule has 3 N–H and O–H groups in total. The van der Waals surface area contributed by atoms with Crippen molar-refractivity contribution in [3.63, 3.8) is 0 Å². The van der Waals surface area contributed by atoms with Crippen LogP contribution in [0, 0.1) is 0 Å². The predicted octanol–water partition coefficient (Wildman–Crippen LogP) is 3.18. The fourth-order valence-electron chi connectivity index (χ4n) is 3.31. The number of allylic oxidation sites excluding steroid dienone is 1. The lowest BCUT2D eigenvalue weighted by atomic mass is 9.95. The molecule has 1 heterocycles. The molecular formula is C24H25BrN4O6. The Hall–Kier alpha value is -3.86. The molecule has 0 fully saturated rings. The Morgan fingerprint density at radius 3 is 2.60 bits per heavy atom. The van der Waals surface area contributed by atoms with Gasteiger partial charge in [-0.25, -0.2) is 15.0 Å². The smallest absolute Gasteiger partial charge is 0.338 e. The molecule has 1 atom stereocenters. The SMILES string of the molecule is CCOC(=O)C1=C(C)NC(=O)N[C@H]1c1ccc(OCC(=O)N/N=C\c2ccc(Br)cc2)c(OC)c1. The Morgan fingerprint density at radius 1 is 1.17 bits per heavy atom. The molecule has 0 aliphatic carbocycles. The average molecular weight is 545 g/mol. The van der Waals surface area contributed by atoms with Crippen LogP contribution < -0.4 is 25.5 Å². The lowest BCUT2D eigenvalue weighted by Crippen LogP contribution is -2.45. The number of carbonyl (C=O) groups is 3. The topological polar surface area (TPSA) is 127 Å². The largest absolute Gasteiger partial charge is 0.493 e. The van der Waals surface area contributed by atoms with E-state index >= 15 is 0 Å². The maximum Gasteiger partial charge on any atom is 0.338 e. The van der Waals surface area contributed by atoms with E-state index in [1.54, 1.807) is 32.0 Å². The van der Waals surface area contributed by atoms with Crippen LogP contribution in [-0.4, -0.2) is 44.4 Å². The fraction of sp³-hybridized carbons (Fsp3) is 0.250. The van der Waals surface area contributed by atoms with Gasteiger partial charge in [-0.1, -0.05) is 34.1 Å². The molecule has 184 valence electrons. The van der Waals surface area contributed by atoms with Gasteiger partial charge in [0.25, 0.3) is 5.91 Å². The van der Waals surface area contributed by atoms with Crippen molar-refractivity contribution >= 4 is 40.1 Å². The van der Waals surface area contributed by atoms with E-state index in [4.69, 9.17) is 14.2 Å². The highest BCUT2D eigenvalue weighted by molar-refractivity contribution is 9.10. The molecule has 0 aromatic heterocycles. The number of nitrogens with zero attached hydrogens (tertiary/aromatic N) is 1. The summed E-state index contributed by atoms with van der Waals surface area (Å²) in [6.45, 7) is 3.23. The summed E-state index contributed by atoms with van der Waals surface area (Å²) in [5, 5.41) is 9.22. The van der Waals surface area contributed by atoms with Crippen LogP contribution in [0.15, 0.2) is 63.3 Å². The number of rotatable bonds is 9. The van der Waals surface area contributed by atoms with Crippen molar-refractivity contribution < 1.29 is 28.6 Å². The number of benzene rings is 2. The number of amides is 3. The monoisotopic (exact) mass is 544 g/mol. The number of carbonyl (C=O) groups excluding carboxylic acids is 3. The molecule has 1 aliphatic heterocycles. The van der Waals surface area contributed by atoms with Gasteiger partial charge in [0.2, 0.25) is 0 Å². The van der Waals surface area contributed by atoms with Gasteiger partial charge in [-0.05, 0) is 49.2 Å². The molecule has 0 saturated carbocycles. The molecule has 0 spiro atoms. The highest BCUT2D eigenvalue weighted by Crippen LogP contribution is 2.34. The van der Waals surface area contributed by atoms with Crippen molar-refractivity contribution in [1.82, 2.24) is 16.1 Å². The first-order valence-electron chi connectivity index (χ1n) is 10.7. The average Bonchev–Trinajstić information content (AvgIpc) is 2.83. The highest BCUT2D eigenvalue weighted by Gasteiger charge is 2.32. The quantitative estimate of drug-likeness (QED) is 0.253. The van der Waals surface area contributed by atoms with E-state index in [2.05, 4.69) is 37.1 Å². The predicted molar refractivity (Wildman–Crippen MR) is 132 cm³/mol. The molecule has 2 aromatic rings. The minimum atomic E-state index is -0.748. The van der Waals surface area contributed by atoms with Gasteiger partial charge in [0, 0.05) is 10.2 Å². The molecule has 0 radical (unpaired) electrons. The van der Waals surface area contributed by atoms with E-state index in [1.807, 2.05) is 24.3 Å². The van der Waals surface area contributed by atoms with Crippen LogP contribution in [0.5, 0.6) is 11.5 Å². The van der Waals surface area contributed by atoms with Crippen molar-refractivity contribution in [3.05, 3.63) is 69.3 Å². The second-order valence-electron chi connectivity index (χ2n) is 7.33. The van der Waals surface area contributed by atoms with E-state index in [9.17, 15) is 14.4 Å². The van der Waals surface area contributed by atoms with E-state index in [0.717, 1.165) is 10.0 Å². The van der Waals surface area contributed by atoms with Gasteiger partial charge >= 0.3 is 12.0 Å². The molecular weight excluding hydrogens is 520 g/mol. The van der Waals surface area contributed by atoms with Crippen LogP contribution in [0.25, 0.3) is 0 Å². The molecule has 10 nitrogen and oxygen atoms in total. The Labute approximate surface area is 210 Å². The number of urea groups is 1. The van der Waals surface area contributed by atoms with E-state index in [0.29, 0.717) is 22.8 Å². The van der Waals surface area contributed by atoms with Crippen LogP contribution in [0.1, 0.15) is 31.0 Å². The molecule has 11 heteroatoms. The number of halogens is 1. The standard InChI is InChI=1S/C24H25BrN4O6/c1-4-34-23(31)21-14(2)27-24(32)28-22(21)16-7-10-18(19(11-16)33-3)35-13-20(30)29-26-12-15-5-8-17(25)9-6-15/h5-12,22H,4,13H2,1-3H3,(H,29,30)(H2,27,28,32)/b26-12-/t22-/m0/s1. The first-order chi connectivity index (χ1) is 16.8. The third-order valence-electron chi connectivity index (χ3n) is 4.92. The zero-order chi connectivity index (χ0) is 25.4. The van der Waals surface area contributed by atoms with Crippen molar-refractivity contribution in [2.75, 3.05) is 20.3 Å². The van der Waals surface area contributed by atoms with Crippen LogP contribution in [0.3, 0.4) is 0 Å². The first-order valence-corrected chi connectivity index (χ1v) is 11.4. The van der Waals surface area contributed by atoms with Crippen LogP contribution in [-0.2, 0) is 14.3 Å². The summed E-state index contributed by atoms with van der Waals surface area (Å²) in [7, 11) is 1.45. The summed E-state index contributed by atoms with van der Waals surface area (Å²) in [6.07, 6.45) is 1.52. The van der Waals surface area contributed by atoms with Gasteiger partial charge in [-0.2, -0.15) is 5.10 Å². The molecule has 3 amide bonds. The Morgan fingerprint density at radius 2 is 1.91 bits per heavy atom. The molecule has 35 heavy (non-hydrogen) atoms. The Kier molecular flexibility index (Phi) is 8.85. The van der Waals surface area contributed by atoms with Gasteiger partial charge in [0.1, 0.15) is 0 Å². The van der Waals surface area contributed by atoms with E-state index in [1.165, 1.54) is 13.3 Å². The van der Waals surface area contributed by atoms with Crippen LogP contribution >= 0.6 is 15.9 Å². The summed E-state index contributed by atoms with van der Waals surface area (Å²) < 4.78 is 17.1. The van der Waals surface area contributed by atoms with Gasteiger partial charge < -0.3 is 24.8 Å². The van der Waals surface area contributed by atoms with Gasteiger partial charge in [-0.15, -0.1) is 0 Å². The number of ether oxygens (including phenoxy) is 3. The van der Waals surface area contributed by atoms with Crippen LogP contribution in [0.4, 0.5) is 4.79 Å². The minimum Gasteiger partial charge on any atom is -0.493 e. The maximum absolute atomic E-state index is 12.5. The van der Waals surface area contributed by atoms with Crippen molar-refractivity contribution in [2.45, 2.75) is 19.9 Å². The van der Waals surface area contributed by atoms with Gasteiger partial charge in [0.15, 0.2) is 18.1 Å². The zero-order valence-corrected chi connectivity index (χ0v) is 21.0. The summed E-state index contributed by atoms with van der Waals surface area (Å²) >= 11 is 3.35. The molecule has 0 unspecified atom stereocenters. The second-order valence-corrected chi connectivity index (χ2v) is 8.25. The van der Waals surface area contributed by atoms with Gasteiger partial charge in [0.05, 0.1) is 31.5 Å². The van der Waals surface area contributed by atoms with Crippen LogP contribution in [0.2, 0.25) is 0 Å². The molecule has 0 bridgehead atoms. The normalized spacial score (nSPS) is 15.3. The van der Waals surface area contributed by atoms with Crippen molar-refractivity contribution in [3.8, 4) is 11.5 Å². The number of methoxy groups -OCH3 is 1. The van der Waals surface area contributed by atoms with Gasteiger partial charge in [-0.3, -0.25) is 4.79 Å². The summed E-state index contributed by atoms with van der Waals surface area (Å²) in [5.74, 6) is -0.371. The zero-order valence-electron chi connectivity index (χ0n) is 19.4. The first kappa shape index (κ1) is 25.8. The molecule has 0 saturated heterocycles. The number of hydrogen-bond donors (Lipinski definition) is 3. The fourth-order valence-corrected chi connectivity index (χ4v) is 3.57. The molecule has 3 rings (SSSR count). The molecule has 1 aliphatic rings. The minimum absolute atomic E-state index is 0.196. The number of hydrazone groups is 1. The van der Waals surface area contributed by atoms with E-state index in [-0.39, 0.29) is 18.8 Å². The Bertz CT molecular complexity index is 1160. The summed E-state index contributed by atoms with van der Waals surface area (Å²) in [6, 6.07) is 11.1. The maximum atomic E-state index is 12.5. The second kappa shape index (κ2) is 12.0. The Balaban J connectivity index is 1.69. The summed E-state index contributed by atoms with van der Waals surface area (Å²) in [5.41, 5.74) is 4.48. The number of esters is 1. The third-order valence-corrected chi connectivity index (χ3v) is 5.45. The van der Waals surface area contributed by atoms with Crippen molar-refractivity contribution in [1.29, 1.82) is 0 Å². The molecule has 2 aromatic carbocycles. The number of hydrogen-bond acceptors (Lipinski definition) is 7. The summed E-state index contributed by atoms with van der Waals surface area (Å²) in [4.78, 5) is 36.7. The lowest BCUT2D eigenvalue weighted by molar-refractivity contribution is -0.139. The van der Waals surface area contributed by atoms with E-state index < -0.39 is 23.9 Å².